The van der Waals surface area contributed by atoms with E-state index in [1.165, 1.54) is 0 Å². The van der Waals surface area contributed by atoms with Crippen LogP contribution in [-0.4, -0.2) is 36.5 Å². The van der Waals surface area contributed by atoms with Gasteiger partial charge in [-0.25, -0.2) is 0 Å². The van der Waals surface area contributed by atoms with E-state index in [0.29, 0.717) is 6.04 Å². The predicted molar refractivity (Wildman–Crippen MR) is 56.7 cm³/mol. The first kappa shape index (κ1) is 11.1. The fourth-order valence-corrected chi connectivity index (χ4v) is 1.95. The standard InChI is InChI=1S/C11H18N2O/c1-3-5-11(14)13(4-2)10-6-8-12-9-7-10/h1,10,12H,4-9H2,2H3. The Morgan fingerprint density at radius 1 is 1.57 bits per heavy atom. The maximum atomic E-state index is 11.6. The van der Waals surface area contributed by atoms with Gasteiger partial charge in [-0.15, -0.1) is 6.42 Å². The molecule has 3 nitrogen and oxygen atoms in total. The monoisotopic (exact) mass is 194 g/mol. The maximum absolute atomic E-state index is 11.6. The van der Waals surface area contributed by atoms with E-state index in [-0.39, 0.29) is 12.3 Å². The van der Waals surface area contributed by atoms with E-state index in [1.807, 2.05) is 11.8 Å². The highest BCUT2D eigenvalue weighted by atomic mass is 16.2. The molecule has 0 unspecified atom stereocenters. The topological polar surface area (TPSA) is 32.3 Å². The number of carbonyl (C=O) groups excluding carboxylic acids is 1. The molecule has 0 bridgehead atoms. The Labute approximate surface area is 85.9 Å². The summed E-state index contributed by atoms with van der Waals surface area (Å²) in [6.07, 6.45) is 7.47. The molecule has 1 saturated heterocycles. The van der Waals surface area contributed by atoms with Crippen molar-refractivity contribution in [2.24, 2.45) is 0 Å². The Balaban J connectivity index is 2.51. The molecule has 0 aromatic carbocycles. The average molecular weight is 194 g/mol. The van der Waals surface area contributed by atoms with E-state index < -0.39 is 0 Å². The van der Waals surface area contributed by atoms with Crippen molar-refractivity contribution in [3.63, 3.8) is 0 Å². The van der Waals surface area contributed by atoms with Crippen molar-refractivity contribution in [1.82, 2.24) is 10.2 Å². The molecule has 0 spiro atoms. The molecular weight excluding hydrogens is 176 g/mol. The lowest BCUT2D eigenvalue weighted by atomic mass is 10.0. The van der Waals surface area contributed by atoms with Crippen molar-refractivity contribution in [3.05, 3.63) is 0 Å². The highest BCUT2D eigenvalue weighted by Crippen LogP contribution is 2.12. The summed E-state index contributed by atoms with van der Waals surface area (Å²) < 4.78 is 0. The van der Waals surface area contributed by atoms with Gasteiger partial charge >= 0.3 is 0 Å². The molecule has 1 heterocycles. The highest BCUT2D eigenvalue weighted by molar-refractivity contribution is 5.78. The molecule has 0 atom stereocenters. The summed E-state index contributed by atoms with van der Waals surface area (Å²) in [6, 6.07) is 0.391. The van der Waals surface area contributed by atoms with Gasteiger partial charge in [0.15, 0.2) is 0 Å². The van der Waals surface area contributed by atoms with Crippen molar-refractivity contribution in [2.45, 2.75) is 32.2 Å². The average Bonchev–Trinajstić information content (AvgIpc) is 2.21. The molecule has 3 heteroatoms. The molecule has 1 N–H and O–H groups in total. The predicted octanol–water partition coefficient (Wildman–Crippen LogP) is 0.610. The number of carbonyl (C=O) groups is 1. The zero-order valence-electron chi connectivity index (χ0n) is 8.75. The zero-order valence-corrected chi connectivity index (χ0v) is 8.75. The van der Waals surface area contributed by atoms with Crippen LogP contribution in [0.3, 0.4) is 0 Å². The van der Waals surface area contributed by atoms with Crippen LogP contribution in [0.15, 0.2) is 0 Å². The zero-order chi connectivity index (χ0) is 10.4. The van der Waals surface area contributed by atoms with Gasteiger partial charge in [-0.1, -0.05) is 5.92 Å². The van der Waals surface area contributed by atoms with Gasteiger partial charge in [0.25, 0.3) is 0 Å². The normalized spacial score (nSPS) is 17.4. The van der Waals surface area contributed by atoms with Gasteiger partial charge in [-0.05, 0) is 32.9 Å². The second kappa shape index (κ2) is 5.66. The minimum Gasteiger partial charge on any atom is -0.339 e. The SMILES string of the molecule is C#CCC(=O)N(CC)C1CCNCC1. The number of nitrogens with zero attached hydrogens (tertiary/aromatic N) is 1. The Morgan fingerprint density at radius 3 is 2.71 bits per heavy atom. The second-order valence-corrected chi connectivity index (χ2v) is 3.54. The molecule has 1 amide bonds. The van der Waals surface area contributed by atoms with Crippen molar-refractivity contribution >= 4 is 5.91 Å². The van der Waals surface area contributed by atoms with Crippen LogP contribution in [0.5, 0.6) is 0 Å². The van der Waals surface area contributed by atoms with Crippen LogP contribution in [0.25, 0.3) is 0 Å². The van der Waals surface area contributed by atoms with Crippen molar-refractivity contribution in [1.29, 1.82) is 0 Å². The lowest BCUT2D eigenvalue weighted by molar-refractivity contribution is -0.132. The number of nitrogens with one attached hydrogen (secondary N) is 1. The number of rotatable bonds is 3. The first-order valence-electron chi connectivity index (χ1n) is 5.23. The highest BCUT2D eigenvalue weighted by Gasteiger charge is 2.22. The largest absolute Gasteiger partial charge is 0.339 e. The fourth-order valence-electron chi connectivity index (χ4n) is 1.95. The lowest BCUT2D eigenvalue weighted by Gasteiger charge is -2.33. The van der Waals surface area contributed by atoms with Crippen molar-refractivity contribution in [2.75, 3.05) is 19.6 Å². The molecule has 0 aromatic heterocycles. The van der Waals surface area contributed by atoms with Gasteiger partial charge < -0.3 is 10.2 Å². The minimum atomic E-state index is 0.0990. The third-order valence-electron chi connectivity index (χ3n) is 2.66. The van der Waals surface area contributed by atoms with Crippen molar-refractivity contribution in [3.8, 4) is 12.3 Å². The van der Waals surface area contributed by atoms with Crippen LogP contribution in [0.2, 0.25) is 0 Å². The smallest absolute Gasteiger partial charge is 0.234 e. The molecule has 0 saturated carbocycles. The number of amides is 1. The Kier molecular flexibility index (Phi) is 4.48. The number of piperidine rings is 1. The summed E-state index contributed by atoms with van der Waals surface area (Å²) in [5.41, 5.74) is 0. The van der Waals surface area contributed by atoms with E-state index in [4.69, 9.17) is 6.42 Å². The number of hydrogen-bond acceptors (Lipinski definition) is 2. The molecule has 1 fully saturated rings. The third-order valence-corrected chi connectivity index (χ3v) is 2.66. The van der Waals surface area contributed by atoms with Crippen LogP contribution in [-0.2, 0) is 4.79 Å². The summed E-state index contributed by atoms with van der Waals surface area (Å²) >= 11 is 0. The Bertz CT molecular complexity index is 226. The Hall–Kier alpha value is -1.01. The van der Waals surface area contributed by atoms with Gasteiger partial charge in [0, 0.05) is 12.6 Å². The Morgan fingerprint density at radius 2 is 2.21 bits per heavy atom. The summed E-state index contributed by atoms with van der Waals surface area (Å²) in [5, 5.41) is 3.29. The maximum Gasteiger partial charge on any atom is 0.234 e. The minimum absolute atomic E-state index is 0.0990. The van der Waals surface area contributed by atoms with E-state index >= 15 is 0 Å². The molecule has 1 rings (SSSR count). The molecular formula is C11H18N2O. The molecule has 14 heavy (non-hydrogen) atoms. The van der Waals surface area contributed by atoms with Crippen LogP contribution in [0.1, 0.15) is 26.2 Å². The quantitative estimate of drug-likeness (QED) is 0.668. The van der Waals surface area contributed by atoms with Crippen LogP contribution in [0, 0.1) is 12.3 Å². The van der Waals surface area contributed by atoms with Crippen LogP contribution in [0.4, 0.5) is 0 Å². The fraction of sp³-hybridized carbons (Fsp3) is 0.727. The van der Waals surface area contributed by atoms with Gasteiger partial charge in [-0.3, -0.25) is 4.79 Å². The van der Waals surface area contributed by atoms with E-state index in [0.717, 1.165) is 32.5 Å². The van der Waals surface area contributed by atoms with Crippen LogP contribution < -0.4 is 5.32 Å². The molecule has 78 valence electrons. The third kappa shape index (κ3) is 2.74. The summed E-state index contributed by atoms with van der Waals surface area (Å²) in [4.78, 5) is 13.6. The first-order valence-corrected chi connectivity index (χ1v) is 5.23. The summed E-state index contributed by atoms with van der Waals surface area (Å²) in [6.45, 7) is 4.79. The lowest BCUT2D eigenvalue weighted by Crippen LogP contribution is -2.45. The van der Waals surface area contributed by atoms with E-state index in [1.54, 1.807) is 0 Å². The molecule has 1 aliphatic heterocycles. The van der Waals surface area contributed by atoms with E-state index in [9.17, 15) is 4.79 Å². The van der Waals surface area contributed by atoms with Gasteiger partial charge in [0.05, 0.1) is 6.42 Å². The number of terminal acetylenes is 1. The summed E-state index contributed by atoms with van der Waals surface area (Å²) in [5.74, 6) is 2.51. The van der Waals surface area contributed by atoms with Crippen LogP contribution >= 0.6 is 0 Å². The van der Waals surface area contributed by atoms with Crippen molar-refractivity contribution < 1.29 is 4.79 Å². The first-order chi connectivity index (χ1) is 6.79. The summed E-state index contributed by atoms with van der Waals surface area (Å²) in [7, 11) is 0. The van der Waals surface area contributed by atoms with Gasteiger partial charge in [0.1, 0.15) is 0 Å². The molecule has 0 radical (unpaired) electrons. The second-order valence-electron chi connectivity index (χ2n) is 3.54. The van der Waals surface area contributed by atoms with Gasteiger partial charge in [-0.2, -0.15) is 0 Å². The number of hydrogen-bond donors (Lipinski definition) is 1. The van der Waals surface area contributed by atoms with E-state index in [2.05, 4.69) is 11.2 Å². The van der Waals surface area contributed by atoms with Gasteiger partial charge in [0.2, 0.25) is 5.91 Å². The molecule has 1 aliphatic rings. The molecule has 0 aliphatic carbocycles. The molecule has 0 aromatic rings.